The summed E-state index contributed by atoms with van der Waals surface area (Å²) in [5.74, 6) is 0.445. The molecule has 1 atom stereocenters. The fourth-order valence-electron chi connectivity index (χ4n) is 3.39. The van der Waals surface area contributed by atoms with E-state index in [0.29, 0.717) is 18.9 Å². The normalized spacial score (nSPS) is 12.5. The van der Waals surface area contributed by atoms with Crippen LogP contribution in [0.25, 0.3) is 0 Å². The predicted octanol–water partition coefficient (Wildman–Crippen LogP) is 6.81. The van der Waals surface area contributed by atoms with Crippen molar-refractivity contribution < 1.29 is 14.6 Å². The molecular formula is C23H46O3. The van der Waals surface area contributed by atoms with Gasteiger partial charge in [0.2, 0.25) is 0 Å². The molecule has 0 amide bonds. The number of hydrogen-bond donors (Lipinski definition) is 1. The lowest BCUT2D eigenvalue weighted by atomic mass is 9.96. The summed E-state index contributed by atoms with van der Waals surface area (Å²) < 4.78 is 5.54. The minimum atomic E-state index is -0.254. The van der Waals surface area contributed by atoms with Crippen molar-refractivity contribution in [3.05, 3.63) is 0 Å². The van der Waals surface area contributed by atoms with Crippen LogP contribution in [0.3, 0.4) is 0 Å². The summed E-state index contributed by atoms with van der Waals surface area (Å²) in [6, 6.07) is 0. The number of rotatable bonds is 19. The molecule has 0 rings (SSSR count). The third-order valence-electron chi connectivity index (χ3n) is 5.22. The maximum atomic E-state index is 12.0. The highest BCUT2D eigenvalue weighted by molar-refractivity contribution is 5.69. The molecular weight excluding hydrogens is 324 g/mol. The second kappa shape index (κ2) is 19.2. The third-order valence-corrected chi connectivity index (χ3v) is 5.22. The highest BCUT2D eigenvalue weighted by Crippen LogP contribution is 2.18. The molecule has 3 heteroatoms. The average Bonchev–Trinajstić information content (AvgIpc) is 2.63. The molecule has 156 valence electrons. The first-order chi connectivity index (χ1) is 12.6. The maximum Gasteiger partial charge on any atom is 0.305 e. The molecule has 26 heavy (non-hydrogen) atoms. The maximum absolute atomic E-state index is 12.0. The smallest absolute Gasteiger partial charge is 0.305 e. The molecule has 0 saturated heterocycles. The predicted molar refractivity (Wildman–Crippen MR) is 111 cm³/mol. The van der Waals surface area contributed by atoms with Crippen molar-refractivity contribution in [1.82, 2.24) is 0 Å². The first-order valence-electron chi connectivity index (χ1n) is 11.5. The molecule has 0 aromatic heterocycles. The van der Waals surface area contributed by atoms with Crippen LogP contribution in [0, 0.1) is 5.92 Å². The van der Waals surface area contributed by atoms with Gasteiger partial charge >= 0.3 is 5.97 Å². The number of aliphatic hydroxyl groups excluding tert-OH is 1. The van der Waals surface area contributed by atoms with Crippen molar-refractivity contribution in [1.29, 1.82) is 0 Å². The van der Waals surface area contributed by atoms with Crippen molar-refractivity contribution in [3.63, 3.8) is 0 Å². The molecule has 0 aromatic rings. The minimum Gasteiger partial charge on any atom is -0.465 e. The van der Waals surface area contributed by atoms with Crippen LogP contribution in [0.4, 0.5) is 0 Å². The molecule has 1 N–H and O–H groups in total. The van der Waals surface area contributed by atoms with Gasteiger partial charge in [0, 0.05) is 6.42 Å². The molecule has 0 saturated carbocycles. The zero-order valence-corrected chi connectivity index (χ0v) is 17.9. The van der Waals surface area contributed by atoms with Crippen LogP contribution in [0.15, 0.2) is 0 Å². The molecule has 0 aromatic carbocycles. The molecule has 0 fully saturated rings. The standard InChI is InChI=1S/C23H46O3/c1-4-7-10-13-17-22(24)18-14-19-23(25)26-20-21(15-11-8-5-2)16-12-9-6-3/h21-22,24H,4-20H2,1-3H3. The molecule has 3 nitrogen and oxygen atoms in total. The average molecular weight is 371 g/mol. The second-order valence-electron chi connectivity index (χ2n) is 7.94. The first-order valence-corrected chi connectivity index (χ1v) is 11.5. The van der Waals surface area contributed by atoms with Gasteiger partial charge in [-0.1, -0.05) is 85.0 Å². The van der Waals surface area contributed by atoms with Crippen LogP contribution in [0.2, 0.25) is 0 Å². The highest BCUT2D eigenvalue weighted by atomic mass is 16.5. The molecule has 0 radical (unpaired) electrons. The summed E-state index contributed by atoms with van der Waals surface area (Å²) in [7, 11) is 0. The van der Waals surface area contributed by atoms with Crippen molar-refractivity contribution >= 4 is 5.97 Å². The number of unbranched alkanes of at least 4 members (excludes halogenated alkanes) is 7. The van der Waals surface area contributed by atoms with E-state index in [2.05, 4.69) is 20.8 Å². The zero-order valence-electron chi connectivity index (χ0n) is 17.9. The van der Waals surface area contributed by atoms with Gasteiger partial charge in [-0.3, -0.25) is 4.79 Å². The van der Waals surface area contributed by atoms with E-state index in [1.807, 2.05) is 0 Å². The fourth-order valence-corrected chi connectivity index (χ4v) is 3.39. The Balaban J connectivity index is 3.84. The third kappa shape index (κ3) is 16.9. The SMILES string of the molecule is CCCCCCC(O)CCCC(=O)OCC(CCCCC)CCCCC. The van der Waals surface area contributed by atoms with Gasteiger partial charge in [0.05, 0.1) is 12.7 Å². The van der Waals surface area contributed by atoms with Gasteiger partial charge in [0.15, 0.2) is 0 Å². The summed E-state index contributed by atoms with van der Waals surface area (Å²) in [5, 5.41) is 9.97. The van der Waals surface area contributed by atoms with Crippen LogP contribution >= 0.6 is 0 Å². The van der Waals surface area contributed by atoms with Crippen molar-refractivity contribution in [2.45, 2.75) is 130 Å². The Morgan fingerprint density at radius 1 is 0.731 bits per heavy atom. The minimum absolute atomic E-state index is 0.0841. The first kappa shape index (κ1) is 25.4. The Morgan fingerprint density at radius 2 is 1.23 bits per heavy atom. The van der Waals surface area contributed by atoms with Gasteiger partial charge in [-0.05, 0) is 38.0 Å². The van der Waals surface area contributed by atoms with E-state index >= 15 is 0 Å². The van der Waals surface area contributed by atoms with Crippen LogP contribution in [0.5, 0.6) is 0 Å². The van der Waals surface area contributed by atoms with E-state index in [9.17, 15) is 9.90 Å². The summed E-state index contributed by atoms with van der Waals surface area (Å²) in [6.45, 7) is 7.24. The van der Waals surface area contributed by atoms with Gasteiger partial charge in [-0.2, -0.15) is 0 Å². The molecule has 1 unspecified atom stereocenters. The van der Waals surface area contributed by atoms with E-state index in [1.54, 1.807) is 0 Å². The summed E-state index contributed by atoms with van der Waals surface area (Å²) in [4.78, 5) is 12.0. The van der Waals surface area contributed by atoms with Crippen molar-refractivity contribution in [3.8, 4) is 0 Å². The van der Waals surface area contributed by atoms with Gasteiger partial charge in [-0.25, -0.2) is 0 Å². The molecule has 0 aliphatic carbocycles. The lowest BCUT2D eigenvalue weighted by Crippen LogP contribution is -2.15. The Labute approximate surface area is 163 Å². The summed E-state index contributed by atoms with van der Waals surface area (Å²) >= 11 is 0. The Hall–Kier alpha value is -0.570. The van der Waals surface area contributed by atoms with E-state index in [1.165, 1.54) is 70.6 Å². The number of ether oxygens (including phenoxy) is 1. The van der Waals surface area contributed by atoms with Gasteiger partial charge in [0.25, 0.3) is 0 Å². The van der Waals surface area contributed by atoms with Crippen LogP contribution in [0.1, 0.15) is 124 Å². The van der Waals surface area contributed by atoms with E-state index in [4.69, 9.17) is 4.74 Å². The quantitative estimate of drug-likeness (QED) is 0.201. The van der Waals surface area contributed by atoms with E-state index in [-0.39, 0.29) is 12.1 Å². The van der Waals surface area contributed by atoms with Crippen LogP contribution < -0.4 is 0 Å². The molecule has 0 aliphatic rings. The van der Waals surface area contributed by atoms with Crippen molar-refractivity contribution in [2.75, 3.05) is 6.61 Å². The fraction of sp³-hybridized carbons (Fsp3) is 0.957. The van der Waals surface area contributed by atoms with Crippen LogP contribution in [-0.2, 0) is 9.53 Å². The molecule has 0 heterocycles. The molecule has 0 spiro atoms. The van der Waals surface area contributed by atoms with Crippen LogP contribution in [-0.4, -0.2) is 23.8 Å². The van der Waals surface area contributed by atoms with Gasteiger partial charge < -0.3 is 9.84 Å². The Kier molecular flexibility index (Phi) is 18.8. The van der Waals surface area contributed by atoms with E-state index < -0.39 is 0 Å². The number of esters is 1. The van der Waals surface area contributed by atoms with Crippen molar-refractivity contribution in [2.24, 2.45) is 5.92 Å². The number of aliphatic hydroxyl groups is 1. The zero-order chi connectivity index (χ0) is 19.5. The number of carbonyl (C=O) groups is 1. The Bertz CT molecular complexity index is 294. The van der Waals surface area contributed by atoms with Gasteiger partial charge in [-0.15, -0.1) is 0 Å². The largest absolute Gasteiger partial charge is 0.465 e. The highest BCUT2D eigenvalue weighted by Gasteiger charge is 2.13. The molecule has 0 aliphatic heterocycles. The lowest BCUT2D eigenvalue weighted by Gasteiger charge is -2.17. The topological polar surface area (TPSA) is 46.5 Å². The monoisotopic (exact) mass is 370 g/mol. The second-order valence-corrected chi connectivity index (χ2v) is 7.94. The van der Waals surface area contributed by atoms with Gasteiger partial charge in [0.1, 0.15) is 0 Å². The Morgan fingerprint density at radius 3 is 1.81 bits per heavy atom. The van der Waals surface area contributed by atoms with E-state index in [0.717, 1.165) is 25.7 Å². The molecule has 0 bridgehead atoms. The summed E-state index contributed by atoms with van der Waals surface area (Å²) in [5.41, 5.74) is 0. The number of carbonyl (C=O) groups excluding carboxylic acids is 1. The number of hydrogen-bond acceptors (Lipinski definition) is 3. The lowest BCUT2D eigenvalue weighted by molar-refractivity contribution is -0.145. The summed E-state index contributed by atoms with van der Waals surface area (Å²) in [6.07, 6.45) is 17.2.